The van der Waals surface area contributed by atoms with Crippen molar-refractivity contribution >= 4 is 34.7 Å². The van der Waals surface area contributed by atoms with Crippen LogP contribution in [0.5, 0.6) is 0 Å². The highest BCUT2D eigenvalue weighted by atomic mass is 32.2. The number of aromatic nitrogens is 2. The molecule has 1 heterocycles. The van der Waals surface area contributed by atoms with Crippen molar-refractivity contribution in [3.8, 4) is 0 Å². The lowest BCUT2D eigenvalue weighted by atomic mass is 10.2. The maximum atomic E-state index is 12.0. The third-order valence-corrected chi connectivity index (χ3v) is 3.93. The number of carbonyl (C=O) groups is 2. The third kappa shape index (κ3) is 5.49. The highest BCUT2D eigenvalue weighted by Gasteiger charge is 2.24. The van der Waals surface area contributed by atoms with E-state index in [1.807, 2.05) is 0 Å². The molecule has 0 radical (unpaired) electrons. The third-order valence-electron chi connectivity index (χ3n) is 2.97. The number of H-pyrrole nitrogens is 1. The number of thioether (sulfide) groups is 1. The minimum Gasteiger partial charge on any atom is -0.480 e. The molecule has 0 aliphatic heterocycles. The van der Waals surface area contributed by atoms with E-state index in [4.69, 9.17) is 4.74 Å². The van der Waals surface area contributed by atoms with Crippen LogP contribution in [0.15, 0.2) is 34.2 Å². The monoisotopic (exact) mass is 365 g/mol. The van der Waals surface area contributed by atoms with Gasteiger partial charge in [-0.15, -0.1) is 0 Å². The van der Waals surface area contributed by atoms with E-state index < -0.39 is 23.7 Å². The Morgan fingerprint density at radius 3 is 2.68 bits per heavy atom. The Hall–Kier alpha value is -2.55. The standard InChI is InChI=1S/C16H19N3O5S/c1-16(2,3)24-15(23)18-11(13(21)22)8-25-14-17-10-7-5-4-6-9(10)12(20)19-14/h4-7,11H,8H2,1-3H3,(H,18,23)(H,21,22)(H,17,19,20)/t11-/m0/s1. The molecule has 0 bridgehead atoms. The van der Waals surface area contributed by atoms with Crippen molar-refractivity contribution in [2.45, 2.75) is 37.6 Å². The number of ether oxygens (including phenoxy) is 1. The summed E-state index contributed by atoms with van der Waals surface area (Å²) < 4.78 is 5.05. The van der Waals surface area contributed by atoms with Crippen molar-refractivity contribution in [2.24, 2.45) is 0 Å². The normalized spacial score (nSPS) is 12.6. The summed E-state index contributed by atoms with van der Waals surface area (Å²) in [5.41, 5.74) is -0.522. The van der Waals surface area contributed by atoms with Crippen LogP contribution in [0.4, 0.5) is 4.79 Å². The molecule has 0 aliphatic rings. The fraction of sp³-hybridized carbons (Fsp3) is 0.375. The van der Waals surface area contributed by atoms with Crippen molar-refractivity contribution in [1.82, 2.24) is 15.3 Å². The highest BCUT2D eigenvalue weighted by Crippen LogP contribution is 2.16. The molecule has 1 amide bonds. The Labute approximate surface area is 148 Å². The lowest BCUT2D eigenvalue weighted by Crippen LogP contribution is -2.45. The second kappa shape index (κ2) is 7.56. The molecule has 2 rings (SSSR count). The molecule has 9 heteroatoms. The van der Waals surface area contributed by atoms with Crippen LogP contribution in [0.2, 0.25) is 0 Å². The number of fused-ring (bicyclic) bond motifs is 1. The molecule has 0 spiro atoms. The summed E-state index contributed by atoms with van der Waals surface area (Å²) >= 11 is 1.03. The molecule has 3 N–H and O–H groups in total. The van der Waals surface area contributed by atoms with Gasteiger partial charge < -0.3 is 20.1 Å². The number of nitrogens with zero attached hydrogens (tertiary/aromatic N) is 1. The lowest BCUT2D eigenvalue weighted by molar-refractivity contribution is -0.138. The fourth-order valence-electron chi connectivity index (χ4n) is 1.92. The first-order valence-electron chi connectivity index (χ1n) is 7.50. The number of alkyl carbamates (subject to hydrolysis) is 1. The number of hydrogen-bond acceptors (Lipinski definition) is 6. The fourth-order valence-corrected chi connectivity index (χ4v) is 2.80. The topological polar surface area (TPSA) is 121 Å². The Balaban J connectivity index is 2.07. The van der Waals surface area contributed by atoms with Crippen LogP contribution in [0, 0.1) is 0 Å². The molecule has 0 aliphatic carbocycles. The largest absolute Gasteiger partial charge is 0.480 e. The van der Waals surface area contributed by atoms with Crippen LogP contribution < -0.4 is 10.9 Å². The summed E-state index contributed by atoms with van der Waals surface area (Å²) in [5.74, 6) is -1.22. The number of hydrogen-bond donors (Lipinski definition) is 3. The maximum absolute atomic E-state index is 12.0. The van der Waals surface area contributed by atoms with E-state index in [-0.39, 0.29) is 16.5 Å². The molecule has 25 heavy (non-hydrogen) atoms. The van der Waals surface area contributed by atoms with Crippen molar-refractivity contribution in [3.05, 3.63) is 34.6 Å². The number of aromatic amines is 1. The number of nitrogens with one attached hydrogen (secondary N) is 2. The van der Waals surface area contributed by atoms with Gasteiger partial charge in [-0.25, -0.2) is 14.6 Å². The average molecular weight is 365 g/mol. The van der Waals surface area contributed by atoms with E-state index in [1.54, 1.807) is 45.0 Å². The predicted molar refractivity (Wildman–Crippen MR) is 93.9 cm³/mol. The van der Waals surface area contributed by atoms with Gasteiger partial charge in [0.15, 0.2) is 5.16 Å². The summed E-state index contributed by atoms with van der Waals surface area (Å²) in [6.45, 7) is 5.04. The molecule has 1 aromatic carbocycles. The molecule has 8 nitrogen and oxygen atoms in total. The van der Waals surface area contributed by atoms with E-state index in [0.29, 0.717) is 10.9 Å². The Morgan fingerprint density at radius 1 is 1.36 bits per heavy atom. The van der Waals surface area contributed by atoms with E-state index in [1.165, 1.54) is 0 Å². The van der Waals surface area contributed by atoms with Crippen LogP contribution in [-0.2, 0) is 9.53 Å². The number of para-hydroxylation sites is 1. The Kier molecular flexibility index (Phi) is 5.68. The zero-order chi connectivity index (χ0) is 18.6. The number of benzene rings is 1. The summed E-state index contributed by atoms with van der Waals surface area (Å²) in [6.07, 6.45) is -0.819. The number of carboxylic acids is 1. The molecule has 1 atom stereocenters. The molecular weight excluding hydrogens is 346 g/mol. The van der Waals surface area contributed by atoms with Crippen LogP contribution in [-0.4, -0.2) is 44.5 Å². The van der Waals surface area contributed by atoms with Crippen molar-refractivity contribution in [2.75, 3.05) is 5.75 Å². The number of rotatable bonds is 5. The Morgan fingerprint density at radius 2 is 2.04 bits per heavy atom. The summed E-state index contributed by atoms with van der Waals surface area (Å²) in [5, 5.41) is 12.3. The number of aliphatic carboxylic acids is 1. The maximum Gasteiger partial charge on any atom is 0.408 e. The quantitative estimate of drug-likeness (QED) is 0.547. The first-order valence-corrected chi connectivity index (χ1v) is 8.48. The van der Waals surface area contributed by atoms with Crippen LogP contribution in [0.3, 0.4) is 0 Å². The molecule has 0 unspecified atom stereocenters. The van der Waals surface area contributed by atoms with E-state index in [9.17, 15) is 19.5 Å². The Bertz CT molecular complexity index is 844. The van der Waals surface area contributed by atoms with Gasteiger partial charge in [0.05, 0.1) is 10.9 Å². The van der Waals surface area contributed by atoms with Gasteiger partial charge in [0.2, 0.25) is 0 Å². The van der Waals surface area contributed by atoms with Gasteiger partial charge in [0.25, 0.3) is 5.56 Å². The van der Waals surface area contributed by atoms with Gasteiger partial charge in [-0.1, -0.05) is 23.9 Å². The second-order valence-electron chi connectivity index (χ2n) is 6.24. The van der Waals surface area contributed by atoms with Gasteiger partial charge in [-0.05, 0) is 32.9 Å². The highest BCUT2D eigenvalue weighted by molar-refractivity contribution is 7.99. The minimum absolute atomic E-state index is 0.0180. The number of carboxylic acid groups (broad SMARTS) is 1. The van der Waals surface area contributed by atoms with Gasteiger partial charge in [-0.3, -0.25) is 4.79 Å². The zero-order valence-electron chi connectivity index (χ0n) is 14.0. The average Bonchev–Trinajstić information content (AvgIpc) is 2.49. The van der Waals surface area contributed by atoms with Crippen LogP contribution in [0.25, 0.3) is 10.9 Å². The van der Waals surface area contributed by atoms with Gasteiger partial charge in [0.1, 0.15) is 11.6 Å². The SMILES string of the molecule is CC(C)(C)OC(=O)N[C@@H](CSc1nc2ccccc2c(=O)[nH]1)C(=O)O. The molecule has 0 saturated heterocycles. The summed E-state index contributed by atoms with van der Waals surface area (Å²) in [6, 6.07) is 5.66. The molecule has 134 valence electrons. The molecule has 1 aromatic heterocycles. The molecular formula is C16H19N3O5S. The second-order valence-corrected chi connectivity index (χ2v) is 7.24. The molecule has 0 fully saturated rings. The van der Waals surface area contributed by atoms with Gasteiger partial charge in [-0.2, -0.15) is 0 Å². The first kappa shape index (κ1) is 18.8. The van der Waals surface area contributed by atoms with Gasteiger partial charge in [0, 0.05) is 5.75 Å². The van der Waals surface area contributed by atoms with Crippen molar-refractivity contribution in [3.63, 3.8) is 0 Å². The van der Waals surface area contributed by atoms with Crippen LogP contribution in [0.1, 0.15) is 20.8 Å². The van der Waals surface area contributed by atoms with E-state index >= 15 is 0 Å². The zero-order valence-corrected chi connectivity index (χ0v) is 14.8. The van der Waals surface area contributed by atoms with Crippen LogP contribution >= 0.6 is 11.8 Å². The minimum atomic E-state index is -1.21. The van der Waals surface area contributed by atoms with E-state index in [0.717, 1.165) is 11.8 Å². The van der Waals surface area contributed by atoms with Gasteiger partial charge >= 0.3 is 12.1 Å². The number of amides is 1. The predicted octanol–water partition coefficient (Wildman–Crippen LogP) is 1.99. The summed E-state index contributed by atoms with van der Waals surface area (Å²) in [7, 11) is 0. The number of carbonyl (C=O) groups excluding carboxylic acids is 1. The van der Waals surface area contributed by atoms with Crippen molar-refractivity contribution in [1.29, 1.82) is 0 Å². The first-order chi connectivity index (χ1) is 11.7. The summed E-state index contributed by atoms with van der Waals surface area (Å²) in [4.78, 5) is 41.9. The van der Waals surface area contributed by atoms with E-state index in [2.05, 4.69) is 15.3 Å². The lowest BCUT2D eigenvalue weighted by Gasteiger charge is -2.21. The smallest absolute Gasteiger partial charge is 0.408 e. The molecule has 2 aromatic rings. The molecule has 0 saturated carbocycles. The van der Waals surface area contributed by atoms with Crippen molar-refractivity contribution < 1.29 is 19.4 Å².